The van der Waals surface area contributed by atoms with Gasteiger partial charge >= 0.3 is 6.09 Å². The van der Waals surface area contributed by atoms with Crippen LogP contribution in [0.1, 0.15) is 32.8 Å². The van der Waals surface area contributed by atoms with Crippen LogP contribution in [0.15, 0.2) is 24.4 Å². The van der Waals surface area contributed by atoms with Crippen LogP contribution in [0.3, 0.4) is 0 Å². The van der Waals surface area contributed by atoms with Gasteiger partial charge in [-0.3, -0.25) is 15.2 Å². The SMILES string of the molecule is CC(C)(C)OC(=O)NCCC=Cc1cc([N+](=O)[O-])c2cn[nH]c2c1. The minimum atomic E-state index is -0.529. The second-order valence-corrected chi connectivity index (χ2v) is 6.25. The Labute approximate surface area is 139 Å². The van der Waals surface area contributed by atoms with Crippen LogP contribution in [0.25, 0.3) is 17.0 Å². The third-order valence-corrected chi connectivity index (χ3v) is 3.05. The lowest BCUT2D eigenvalue weighted by Gasteiger charge is -2.19. The molecule has 0 atom stereocenters. The van der Waals surface area contributed by atoms with Gasteiger partial charge in [-0.2, -0.15) is 5.10 Å². The Morgan fingerprint density at radius 3 is 2.88 bits per heavy atom. The highest BCUT2D eigenvalue weighted by Gasteiger charge is 2.15. The number of hydrogen-bond acceptors (Lipinski definition) is 5. The molecule has 8 heteroatoms. The van der Waals surface area contributed by atoms with E-state index in [-0.39, 0.29) is 5.69 Å². The predicted octanol–water partition coefficient (Wildman–Crippen LogP) is 3.40. The molecule has 0 aliphatic heterocycles. The van der Waals surface area contributed by atoms with Crippen molar-refractivity contribution in [3.63, 3.8) is 0 Å². The van der Waals surface area contributed by atoms with Crippen molar-refractivity contribution in [1.29, 1.82) is 0 Å². The third kappa shape index (κ3) is 4.80. The first-order valence-electron chi connectivity index (χ1n) is 7.51. The van der Waals surface area contributed by atoms with Crippen molar-refractivity contribution in [3.8, 4) is 0 Å². The Morgan fingerprint density at radius 1 is 1.46 bits per heavy atom. The quantitative estimate of drug-likeness (QED) is 0.495. The van der Waals surface area contributed by atoms with E-state index in [1.807, 2.05) is 6.08 Å². The number of nitrogens with one attached hydrogen (secondary N) is 2. The molecule has 0 radical (unpaired) electrons. The molecule has 0 saturated carbocycles. The van der Waals surface area contributed by atoms with Gasteiger partial charge in [-0.05, 0) is 38.8 Å². The largest absolute Gasteiger partial charge is 0.444 e. The number of amides is 1. The van der Waals surface area contributed by atoms with Crippen LogP contribution in [0.4, 0.5) is 10.5 Å². The van der Waals surface area contributed by atoms with Crippen LogP contribution in [0.5, 0.6) is 0 Å². The molecular formula is C16H20N4O4. The molecule has 0 fully saturated rings. The summed E-state index contributed by atoms with van der Waals surface area (Å²) in [6.07, 6.45) is 5.15. The number of nitro groups is 1. The summed E-state index contributed by atoms with van der Waals surface area (Å²) >= 11 is 0. The first-order valence-corrected chi connectivity index (χ1v) is 7.51. The summed E-state index contributed by atoms with van der Waals surface area (Å²) in [5.41, 5.74) is 0.775. The highest BCUT2D eigenvalue weighted by atomic mass is 16.6. The lowest BCUT2D eigenvalue weighted by molar-refractivity contribution is -0.383. The number of benzene rings is 1. The van der Waals surface area contributed by atoms with Gasteiger partial charge in [0.1, 0.15) is 5.60 Å². The van der Waals surface area contributed by atoms with Crippen molar-refractivity contribution in [3.05, 3.63) is 40.1 Å². The van der Waals surface area contributed by atoms with Crippen LogP contribution in [0.2, 0.25) is 0 Å². The van der Waals surface area contributed by atoms with Crippen molar-refractivity contribution in [1.82, 2.24) is 15.5 Å². The Hall–Kier alpha value is -2.90. The van der Waals surface area contributed by atoms with Crippen LogP contribution in [-0.4, -0.2) is 33.4 Å². The number of fused-ring (bicyclic) bond motifs is 1. The third-order valence-electron chi connectivity index (χ3n) is 3.05. The van der Waals surface area contributed by atoms with Crippen molar-refractivity contribution < 1.29 is 14.5 Å². The highest BCUT2D eigenvalue weighted by Crippen LogP contribution is 2.26. The highest BCUT2D eigenvalue weighted by molar-refractivity contribution is 5.89. The van der Waals surface area contributed by atoms with Crippen molar-refractivity contribution in [2.45, 2.75) is 32.8 Å². The molecule has 0 aliphatic carbocycles. The number of alkyl carbamates (subject to hydrolysis) is 1. The summed E-state index contributed by atoms with van der Waals surface area (Å²) in [5, 5.41) is 20.8. The molecule has 0 spiro atoms. The maximum atomic E-state index is 11.5. The number of nitrogens with zero attached hydrogens (tertiary/aromatic N) is 2. The smallest absolute Gasteiger partial charge is 0.407 e. The number of aromatic nitrogens is 2. The molecular weight excluding hydrogens is 312 g/mol. The maximum Gasteiger partial charge on any atom is 0.407 e. The van der Waals surface area contributed by atoms with Crippen LogP contribution in [0, 0.1) is 10.1 Å². The van der Waals surface area contributed by atoms with Crippen molar-refractivity contribution in [2.24, 2.45) is 0 Å². The van der Waals surface area contributed by atoms with E-state index in [4.69, 9.17) is 4.74 Å². The second kappa shape index (κ2) is 7.12. The molecule has 0 bridgehead atoms. The number of nitro benzene ring substituents is 1. The van der Waals surface area contributed by atoms with E-state index in [0.717, 1.165) is 0 Å². The zero-order chi connectivity index (χ0) is 17.7. The summed E-state index contributed by atoms with van der Waals surface area (Å²) in [7, 11) is 0. The Morgan fingerprint density at radius 2 is 2.21 bits per heavy atom. The molecule has 0 aliphatic rings. The fourth-order valence-corrected chi connectivity index (χ4v) is 2.09. The van der Waals surface area contributed by atoms with Gasteiger partial charge in [0.25, 0.3) is 5.69 Å². The lowest BCUT2D eigenvalue weighted by atomic mass is 10.1. The van der Waals surface area contributed by atoms with E-state index in [0.29, 0.717) is 29.4 Å². The van der Waals surface area contributed by atoms with E-state index in [1.54, 1.807) is 32.9 Å². The number of hydrogen-bond donors (Lipinski definition) is 2. The minimum absolute atomic E-state index is 0.00720. The lowest BCUT2D eigenvalue weighted by Crippen LogP contribution is -2.32. The second-order valence-electron chi connectivity index (χ2n) is 6.25. The van der Waals surface area contributed by atoms with Crippen molar-refractivity contribution >= 4 is 28.8 Å². The van der Waals surface area contributed by atoms with Gasteiger partial charge in [-0.1, -0.05) is 12.2 Å². The van der Waals surface area contributed by atoms with Gasteiger partial charge < -0.3 is 10.1 Å². The van der Waals surface area contributed by atoms with Gasteiger partial charge in [0.05, 0.1) is 22.0 Å². The minimum Gasteiger partial charge on any atom is -0.444 e. The number of aromatic amines is 1. The standard InChI is InChI=1S/C16H20N4O4/c1-16(2,3)24-15(21)17-7-5-4-6-11-8-13-12(10-18-19-13)14(9-11)20(22)23/h4,6,8-10H,5,7H2,1-3H3,(H,17,21)(H,18,19). The molecule has 0 saturated heterocycles. The number of carbonyl (C=O) groups excluding carboxylic acids is 1. The Kier molecular flexibility index (Phi) is 5.18. The molecule has 2 N–H and O–H groups in total. The van der Waals surface area contributed by atoms with E-state index in [2.05, 4.69) is 15.5 Å². The summed E-state index contributed by atoms with van der Waals surface area (Å²) < 4.78 is 5.12. The zero-order valence-corrected chi connectivity index (χ0v) is 13.8. The van der Waals surface area contributed by atoms with Gasteiger partial charge in [0.2, 0.25) is 0 Å². The molecule has 24 heavy (non-hydrogen) atoms. The average molecular weight is 332 g/mol. The number of non-ortho nitro benzene ring substituents is 1. The molecule has 8 nitrogen and oxygen atoms in total. The number of ether oxygens (including phenoxy) is 1. The number of H-pyrrole nitrogens is 1. The molecule has 2 rings (SSSR count). The average Bonchev–Trinajstić information content (AvgIpc) is 2.92. The Bertz CT molecular complexity index is 774. The molecule has 128 valence electrons. The number of rotatable bonds is 5. The first-order chi connectivity index (χ1) is 11.3. The summed E-state index contributed by atoms with van der Waals surface area (Å²) in [5.74, 6) is 0. The van der Waals surface area contributed by atoms with Crippen LogP contribution < -0.4 is 5.32 Å². The van der Waals surface area contributed by atoms with E-state index in [9.17, 15) is 14.9 Å². The summed E-state index contributed by atoms with van der Waals surface area (Å²) in [4.78, 5) is 22.2. The van der Waals surface area contributed by atoms with Gasteiger partial charge in [-0.15, -0.1) is 0 Å². The monoisotopic (exact) mass is 332 g/mol. The van der Waals surface area contributed by atoms with Gasteiger partial charge in [0.15, 0.2) is 0 Å². The molecule has 1 aromatic carbocycles. The van der Waals surface area contributed by atoms with Crippen LogP contribution >= 0.6 is 0 Å². The molecule has 0 unspecified atom stereocenters. The predicted molar refractivity (Wildman–Crippen MR) is 90.6 cm³/mol. The number of carbonyl (C=O) groups is 1. The van der Waals surface area contributed by atoms with Crippen LogP contribution in [-0.2, 0) is 4.74 Å². The maximum absolute atomic E-state index is 11.5. The fraction of sp³-hybridized carbons (Fsp3) is 0.375. The normalized spacial score (nSPS) is 11.8. The first kappa shape index (κ1) is 17.5. The van der Waals surface area contributed by atoms with Crippen molar-refractivity contribution in [2.75, 3.05) is 6.54 Å². The molecule has 2 aromatic rings. The summed E-state index contributed by atoms with van der Waals surface area (Å²) in [6, 6.07) is 3.28. The van der Waals surface area contributed by atoms with Gasteiger partial charge in [-0.25, -0.2) is 4.79 Å². The molecule has 1 aromatic heterocycles. The topological polar surface area (TPSA) is 110 Å². The fourth-order valence-electron chi connectivity index (χ4n) is 2.09. The van der Waals surface area contributed by atoms with Gasteiger partial charge in [0, 0.05) is 12.6 Å². The molecule has 1 heterocycles. The zero-order valence-electron chi connectivity index (χ0n) is 13.8. The Balaban J connectivity index is 1.94. The van der Waals surface area contributed by atoms with E-state index >= 15 is 0 Å². The summed E-state index contributed by atoms with van der Waals surface area (Å²) in [6.45, 7) is 5.81. The molecule has 1 amide bonds. The van der Waals surface area contributed by atoms with E-state index < -0.39 is 16.6 Å². The van der Waals surface area contributed by atoms with E-state index in [1.165, 1.54) is 12.3 Å².